The van der Waals surface area contributed by atoms with Crippen LogP contribution in [0.3, 0.4) is 0 Å². The van der Waals surface area contributed by atoms with Crippen LogP contribution in [0.15, 0.2) is 24.4 Å². The molecule has 0 aliphatic heterocycles. The monoisotopic (exact) mass is 222 g/mol. The van der Waals surface area contributed by atoms with Crippen molar-refractivity contribution in [3.05, 3.63) is 24.4 Å². The molecule has 88 valence electrons. The molecule has 1 heterocycles. The predicted molar refractivity (Wildman–Crippen MR) is 63.2 cm³/mol. The summed E-state index contributed by atoms with van der Waals surface area (Å²) in [4.78, 5) is 15.4. The average molecular weight is 222 g/mol. The molecule has 1 amide bonds. The molecule has 0 atom stereocenters. The van der Waals surface area contributed by atoms with Gasteiger partial charge in [-0.1, -0.05) is 25.8 Å². The van der Waals surface area contributed by atoms with Crippen molar-refractivity contribution in [3.8, 4) is 0 Å². The van der Waals surface area contributed by atoms with Crippen LogP contribution in [0.25, 0.3) is 0 Å². The Morgan fingerprint density at radius 3 is 3.00 bits per heavy atom. The topological polar surface area (TPSA) is 51.2 Å². The first-order valence-corrected chi connectivity index (χ1v) is 5.61. The molecule has 1 N–H and O–H groups in total. The van der Waals surface area contributed by atoms with Gasteiger partial charge in [-0.2, -0.15) is 0 Å². The maximum absolute atomic E-state index is 11.4. The second-order valence-electron chi connectivity index (χ2n) is 3.52. The van der Waals surface area contributed by atoms with Gasteiger partial charge in [-0.05, 0) is 18.6 Å². The van der Waals surface area contributed by atoms with E-state index in [4.69, 9.17) is 4.74 Å². The standard InChI is InChI=1S/C12H18N2O2/c1-2-3-6-9-16-10-12(15)14-11-7-4-5-8-13-11/h4-5,7-8H,2-3,6,9-10H2,1H3,(H,13,14,15). The highest BCUT2D eigenvalue weighted by Crippen LogP contribution is 1.99. The van der Waals surface area contributed by atoms with Crippen molar-refractivity contribution >= 4 is 11.7 Å². The van der Waals surface area contributed by atoms with Crippen LogP contribution in [0.4, 0.5) is 5.82 Å². The quantitative estimate of drug-likeness (QED) is 0.720. The number of pyridine rings is 1. The van der Waals surface area contributed by atoms with Crippen LogP contribution in [-0.4, -0.2) is 24.1 Å². The van der Waals surface area contributed by atoms with E-state index < -0.39 is 0 Å². The number of ether oxygens (including phenoxy) is 1. The van der Waals surface area contributed by atoms with Gasteiger partial charge in [0.25, 0.3) is 5.91 Å². The van der Waals surface area contributed by atoms with Crippen LogP contribution in [0.2, 0.25) is 0 Å². The molecule has 4 heteroatoms. The molecule has 16 heavy (non-hydrogen) atoms. The van der Waals surface area contributed by atoms with Crippen molar-refractivity contribution in [2.45, 2.75) is 26.2 Å². The van der Waals surface area contributed by atoms with Gasteiger partial charge < -0.3 is 10.1 Å². The Labute approximate surface area is 96.0 Å². The van der Waals surface area contributed by atoms with Gasteiger partial charge in [0.15, 0.2) is 0 Å². The molecular formula is C12H18N2O2. The number of aromatic nitrogens is 1. The summed E-state index contributed by atoms with van der Waals surface area (Å²) >= 11 is 0. The van der Waals surface area contributed by atoms with Crippen molar-refractivity contribution in [2.75, 3.05) is 18.5 Å². The molecule has 0 spiro atoms. The fourth-order valence-corrected chi connectivity index (χ4v) is 1.23. The van der Waals surface area contributed by atoms with E-state index in [1.165, 1.54) is 0 Å². The second kappa shape index (κ2) is 7.82. The number of hydrogen-bond acceptors (Lipinski definition) is 3. The zero-order chi connectivity index (χ0) is 11.6. The minimum atomic E-state index is -0.157. The fourth-order valence-electron chi connectivity index (χ4n) is 1.23. The summed E-state index contributed by atoms with van der Waals surface area (Å²) < 4.78 is 5.23. The number of unbranched alkanes of at least 4 members (excludes halogenated alkanes) is 2. The van der Waals surface area contributed by atoms with E-state index >= 15 is 0 Å². The van der Waals surface area contributed by atoms with Crippen molar-refractivity contribution in [1.29, 1.82) is 0 Å². The van der Waals surface area contributed by atoms with Gasteiger partial charge in [0, 0.05) is 12.8 Å². The van der Waals surface area contributed by atoms with Gasteiger partial charge in [-0.3, -0.25) is 4.79 Å². The lowest BCUT2D eigenvalue weighted by Gasteiger charge is -2.04. The van der Waals surface area contributed by atoms with E-state index in [-0.39, 0.29) is 12.5 Å². The third-order valence-electron chi connectivity index (χ3n) is 2.06. The summed E-state index contributed by atoms with van der Waals surface area (Å²) in [5, 5.41) is 2.66. The molecule has 0 aromatic carbocycles. The Bertz CT molecular complexity index is 301. The molecule has 0 saturated heterocycles. The van der Waals surface area contributed by atoms with E-state index in [1.54, 1.807) is 18.3 Å². The highest BCUT2D eigenvalue weighted by atomic mass is 16.5. The Hall–Kier alpha value is -1.42. The maximum atomic E-state index is 11.4. The molecule has 0 bridgehead atoms. The van der Waals surface area contributed by atoms with Crippen LogP contribution in [0.1, 0.15) is 26.2 Å². The largest absolute Gasteiger partial charge is 0.372 e. The Morgan fingerprint density at radius 1 is 1.44 bits per heavy atom. The number of carbonyl (C=O) groups is 1. The van der Waals surface area contributed by atoms with Crippen LogP contribution in [0.5, 0.6) is 0 Å². The molecule has 0 radical (unpaired) electrons. The smallest absolute Gasteiger partial charge is 0.251 e. The SMILES string of the molecule is CCCCCOCC(=O)Nc1ccccn1. The maximum Gasteiger partial charge on any atom is 0.251 e. The van der Waals surface area contributed by atoms with E-state index in [0.717, 1.165) is 19.3 Å². The lowest BCUT2D eigenvalue weighted by Crippen LogP contribution is -2.19. The van der Waals surface area contributed by atoms with Crippen molar-refractivity contribution < 1.29 is 9.53 Å². The summed E-state index contributed by atoms with van der Waals surface area (Å²) in [6, 6.07) is 5.37. The Kier molecular flexibility index (Phi) is 6.18. The number of anilines is 1. The van der Waals surface area contributed by atoms with Gasteiger partial charge in [0.1, 0.15) is 12.4 Å². The zero-order valence-corrected chi connectivity index (χ0v) is 9.61. The summed E-state index contributed by atoms with van der Waals surface area (Å²) in [6.07, 6.45) is 4.94. The van der Waals surface area contributed by atoms with E-state index in [2.05, 4.69) is 17.2 Å². The van der Waals surface area contributed by atoms with Crippen LogP contribution in [0, 0.1) is 0 Å². The molecule has 4 nitrogen and oxygen atoms in total. The molecule has 0 saturated carbocycles. The third-order valence-corrected chi connectivity index (χ3v) is 2.06. The van der Waals surface area contributed by atoms with Gasteiger partial charge in [-0.25, -0.2) is 4.98 Å². The number of nitrogens with one attached hydrogen (secondary N) is 1. The summed E-state index contributed by atoms with van der Waals surface area (Å²) in [6.45, 7) is 2.87. The number of nitrogens with zero attached hydrogens (tertiary/aromatic N) is 1. The molecular weight excluding hydrogens is 204 g/mol. The summed E-state index contributed by atoms with van der Waals surface area (Å²) in [5.41, 5.74) is 0. The minimum absolute atomic E-state index is 0.0975. The second-order valence-corrected chi connectivity index (χ2v) is 3.52. The van der Waals surface area contributed by atoms with Gasteiger partial charge >= 0.3 is 0 Å². The minimum Gasteiger partial charge on any atom is -0.372 e. The third kappa shape index (κ3) is 5.46. The Morgan fingerprint density at radius 2 is 2.31 bits per heavy atom. The van der Waals surface area contributed by atoms with Crippen LogP contribution >= 0.6 is 0 Å². The number of carbonyl (C=O) groups excluding carboxylic acids is 1. The molecule has 0 unspecified atom stereocenters. The summed E-state index contributed by atoms with van der Waals surface area (Å²) in [7, 11) is 0. The van der Waals surface area contributed by atoms with E-state index in [1.807, 2.05) is 6.07 Å². The normalized spacial score (nSPS) is 10.1. The van der Waals surface area contributed by atoms with Crippen molar-refractivity contribution in [3.63, 3.8) is 0 Å². The van der Waals surface area contributed by atoms with Crippen molar-refractivity contribution in [2.24, 2.45) is 0 Å². The number of hydrogen-bond donors (Lipinski definition) is 1. The number of amides is 1. The fraction of sp³-hybridized carbons (Fsp3) is 0.500. The first-order valence-electron chi connectivity index (χ1n) is 5.61. The molecule has 1 aromatic heterocycles. The highest BCUT2D eigenvalue weighted by molar-refractivity contribution is 5.90. The molecule has 0 aliphatic rings. The van der Waals surface area contributed by atoms with Crippen LogP contribution in [-0.2, 0) is 9.53 Å². The van der Waals surface area contributed by atoms with Crippen LogP contribution < -0.4 is 5.32 Å². The van der Waals surface area contributed by atoms with Crippen molar-refractivity contribution in [1.82, 2.24) is 4.98 Å². The Balaban J connectivity index is 2.12. The van der Waals surface area contributed by atoms with Gasteiger partial charge in [-0.15, -0.1) is 0 Å². The zero-order valence-electron chi connectivity index (χ0n) is 9.61. The molecule has 0 fully saturated rings. The van der Waals surface area contributed by atoms with E-state index in [9.17, 15) is 4.79 Å². The highest BCUT2D eigenvalue weighted by Gasteiger charge is 2.01. The molecule has 0 aliphatic carbocycles. The van der Waals surface area contributed by atoms with Gasteiger partial charge in [0.2, 0.25) is 0 Å². The van der Waals surface area contributed by atoms with E-state index in [0.29, 0.717) is 12.4 Å². The molecule has 1 rings (SSSR count). The predicted octanol–water partition coefficient (Wildman–Crippen LogP) is 2.23. The molecule has 1 aromatic rings. The lowest BCUT2D eigenvalue weighted by molar-refractivity contribution is -0.120. The lowest BCUT2D eigenvalue weighted by atomic mass is 10.3. The average Bonchev–Trinajstić information content (AvgIpc) is 2.30. The first-order chi connectivity index (χ1) is 7.83. The number of rotatable bonds is 7. The summed E-state index contributed by atoms with van der Waals surface area (Å²) in [5.74, 6) is 0.403. The first kappa shape index (κ1) is 12.6. The van der Waals surface area contributed by atoms with Gasteiger partial charge in [0.05, 0.1) is 0 Å².